The number of hydrogen-bond acceptors (Lipinski definition) is 5. The number of rotatable bonds is 6. The Morgan fingerprint density at radius 2 is 1.87 bits per heavy atom. The SMILES string of the molecule is O=C(NCc1ccc(Cn2cncn2)cc1)[C@@H]1CC=CC[C@H]1c1nc2ccccc2s1. The van der Waals surface area contributed by atoms with Crippen molar-refractivity contribution < 1.29 is 4.79 Å². The van der Waals surface area contributed by atoms with Crippen LogP contribution in [0.1, 0.15) is 34.9 Å². The molecule has 1 aliphatic rings. The van der Waals surface area contributed by atoms with Crippen molar-refractivity contribution in [3.05, 3.63) is 89.5 Å². The summed E-state index contributed by atoms with van der Waals surface area (Å²) in [4.78, 5) is 21.8. The Morgan fingerprint density at radius 1 is 1.06 bits per heavy atom. The molecular weight excluding hydrogens is 406 g/mol. The van der Waals surface area contributed by atoms with E-state index in [1.807, 2.05) is 18.2 Å². The molecular formula is C24H23N5OS. The third kappa shape index (κ3) is 4.41. The number of amides is 1. The van der Waals surface area contributed by atoms with Crippen molar-refractivity contribution in [3.8, 4) is 0 Å². The maximum atomic E-state index is 13.1. The lowest BCUT2D eigenvalue weighted by Crippen LogP contribution is -2.34. The van der Waals surface area contributed by atoms with Crippen LogP contribution in [-0.2, 0) is 17.9 Å². The molecule has 2 heterocycles. The summed E-state index contributed by atoms with van der Waals surface area (Å²) in [6.45, 7) is 1.21. The Labute approximate surface area is 184 Å². The molecule has 6 nitrogen and oxygen atoms in total. The Hall–Kier alpha value is -3.32. The third-order valence-electron chi connectivity index (χ3n) is 5.70. The van der Waals surface area contributed by atoms with E-state index in [-0.39, 0.29) is 17.7 Å². The van der Waals surface area contributed by atoms with Gasteiger partial charge in [-0.2, -0.15) is 5.10 Å². The molecule has 2 atom stereocenters. The fourth-order valence-electron chi connectivity index (χ4n) is 4.01. The largest absolute Gasteiger partial charge is 0.352 e. The van der Waals surface area contributed by atoms with E-state index in [0.29, 0.717) is 13.1 Å². The zero-order valence-corrected chi connectivity index (χ0v) is 17.8. The first-order chi connectivity index (χ1) is 15.3. The quantitative estimate of drug-likeness (QED) is 0.464. The van der Waals surface area contributed by atoms with Crippen LogP contribution in [0.3, 0.4) is 0 Å². The predicted octanol–water partition coefficient (Wildman–Crippen LogP) is 4.30. The number of allylic oxidation sites excluding steroid dienone is 2. The summed E-state index contributed by atoms with van der Waals surface area (Å²) in [5.41, 5.74) is 3.25. The fraction of sp³-hybridized carbons (Fsp3) is 0.250. The second-order valence-electron chi connectivity index (χ2n) is 7.80. The van der Waals surface area contributed by atoms with Crippen LogP contribution in [0, 0.1) is 5.92 Å². The van der Waals surface area contributed by atoms with Gasteiger partial charge in [-0.25, -0.2) is 14.6 Å². The summed E-state index contributed by atoms with van der Waals surface area (Å²) in [6, 6.07) is 16.4. The van der Waals surface area contributed by atoms with Gasteiger partial charge in [0.2, 0.25) is 5.91 Å². The van der Waals surface area contributed by atoms with E-state index < -0.39 is 0 Å². The van der Waals surface area contributed by atoms with Gasteiger partial charge in [0, 0.05) is 12.5 Å². The minimum atomic E-state index is -0.0860. The molecule has 4 aromatic rings. The first-order valence-corrected chi connectivity index (χ1v) is 11.3. The highest BCUT2D eigenvalue weighted by Crippen LogP contribution is 2.38. The summed E-state index contributed by atoms with van der Waals surface area (Å²) >= 11 is 1.71. The van der Waals surface area contributed by atoms with Crippen LogP contribution in [0.25, 0.3) is 10.2 Å². The Bertz CT molecular complexity index is 1160. The van der Waals surface area contributed by atoms with Crippen LogP contribution in [0.2, 0.25) is 0 Å². The smallest absolute Gasteiger partial charge is 0.224 e. The van der Waals surface area contributed by atoms with Crippen LogP contribution in [0.5, 0.6) is 0 Å². The van der Waals surface area contributed by atoms with Crippen molar-refractivity contribution in [1.82, 2.24) is 25.1 Å². The molecule has 31 heavy (non-hydrogen) atoms. The van der Waals surface area contributed by atoms with Gasteiger partial charge in [-0.1, -0.05) is 48.6 Å². The molecule has 1 amide bonds. The number of carbonyl (C=O) groups is 1. The molecule has 5 rings (SSSR count). The first-order valence-electron chi connectivity index (χ1n) is 10.4. The lowest BCUT2D eigenvalue weighted by Gasteiger charge is -2.26. The number of para-hydroxylation sites is 1. The maximum absolute atomic E-state index is 13.1. The summed E-state index contributed by atoms with van der Waals surface area (Å²) < 4.78 is 2.97. The van der Waals surface area contributed by atoms with Gasteiger partial charge < -0.3 is 5.32 Å². The van der Waals surface area contributed by atoms with Crippen molar-refractivity contribution in [3.63, 3.8) is 0 Å². The summed E-state index contributed by atoms with van der Waals surface area (Å²) in [7, 11) is 0. The lowest BCUT2D eigenvalue weighted by atomic mass is 9.82. The standard InChI is InChI=1S/C24H23N5OS/c30-23(26-13-17-9-11-18(12-10-17)14-29-16-25-15-27-29)19-5-1-2-6-20(19)24-28-21-7-3-4-8-22(21)31-24/h1-4,7-12,15-16,19-20H,5-6,13-14H2,(H,26,30)/t19-,20-/m1/s1. The molecule has 2 aromatic heterocycles. The fourth-order valence-corrected chi connectivity index (χ4v) is 5.16. The van der Waals surface area contributed by atoms with Gasteiger partial charge in [-0.05, 0) is 36.1 Å². The Kier molecular flexibility index (Phi) is 5.58. The highest BCUT2D eigenvalue weighted by atomic mass is 32.1. The van der Waals surface area contributed by atoms with E-state index in [9.17, 15) is 4.79 Å². The monoisotopic (exact) mass is 429 g/mol. The van der Waals surface area contributed by atoms with Crippen LogP contribution in [-0.4, -0.2) is 25.7 Å². The highest BCUT2D eigenvalue weighted by Gasteiger charge is 2.32. The second-order valence-corrected chi connectivity index (χ2v) is 8.87. The molecule has 1 N–H and O–H groups in total. The van der Waals surface area contributed by atoms with Gasteiger partial charge in [0.05, 0.1) is 27.7 Å². The van der Waals surface area contributed by atoms with Gasteiger partial charge in [0.1, 0.15) is 12.7 Å². The maximum Gasteiger partial charge on any atom is 0.224 e. The summed E-state index contributed by atoms with van der Waals surface area (Å²) in [6.07, 6.45) is 9.14. The molecule has 0 saturated carbocycles. The zero-order chi connectivity index (χ0) is 21.0. The third-order valence-corrected chi connectivity index (χ3v) is 6.87. The molecule has 156 valence electrons. The second kappa shape index (κ2) is 8.81. The number of aromatic nitrogens is 4. The average molecular weight is 430 g/mol. The van der Waals surface area contributed by atoms with E-state index in [1.165, 1.54) is 11.0 Å². The average Bonchev–Trinajstić information content (AvgIpc) is 3.48. The van der Waals surface area contributed by atoms with Crippen molar-refractivity contribution >= 4 is 27.5 Å². The molecule has 0 radical (unpaired) electrons. The molecule has 1 aliphatic carbocycles. The van der Waals surface area contributed by atoms with E-state index >= 15 is 0 Å². The molecule has 0 saturated heterocycles. The number of carbonyl (C=O) groups excluding carboxylic acids is 1. The zero-order valence-electron chi connectivity index (χ0n) is 17.0. The van der Waals surface area contributed by atoms with Crippen molar-refractivity contribution in [1.29, 1.82) is 0 Å². The van der Waals surface area contributed by atoms with Crippen molar-refractivity contribution in [2.45, 2.75) is 31.8 Å². The van der Waals surface area contributed by atoms with E-state index in [1.54, 1.807) is 22.3 Å². The van der Waals surface area contributed by atoms with Gasteiger partial charge >= 0.3 is 0 Å². The van der Waals surface area contributed by atoms with Crippen LogP contribution in [0.15, 0.2) is 73.3 Å². The molecule has 0 bridgehead atoms. The number of hydrogen-bond donors (Lipinski definition) is 1. The number of nitrogens with zero attached hydrogens (tertiary/aromatic N) is 4. The van der Waals surface area contributed by atoms with Crippen LogP contribution < -0.4 is 5.32 Å². The summed E-state index contributed by atoms with van der Waals surface area (Å²) in [5, 5.41) is 8.33. The number of nitrogens with one attached hydrogen (secondary N) is 1. The first kappa shape index (κ1) is 19.6. The van der Waals surface area contributed by atoms with E-state index in [0.717, 1.165) is 34.5 Å². The predicted molar refractivity (Wildman–Crippen MR) is 122 cm³/mol. The molecule has 2 aromatic carbocycles. The van der Waals surface area contributed by atoms with Crippen molar-refractivity contribution in [2.24, 2.45) is 5.92 Å². The Morgan fingerprint density at radius 3 is 2.68 bits per heavy atom. The number of thiazole rings is 1. The highest BCUT2D eigenvalue weighted by molar-refractivity contribution is 7.18. The van der Waals surface area contributed by atoms with Gasteiger partial charge in [0.25, 0.3) is 0 Å². The Balaban J connectivity index is 1.24. The van der Waals surface area contributed by atoms with E-state index in [4.69, 9.17) is 4.98 Å². The molecule has 0 spiro atoms. The van der Waals surface area contributed by atoms with Gasteiger partial charge in [-0.3, -0.25) is 4.79 Å². The molecule has 0 aliphatic heterocycles. The molecule has 0 unspecified atom stereocenters. The number of fused-ring (bicyclic) bond motifs is 1. The topological polar surface area (TPSA) is 72.7 Å². The van der Waals surface area contributed by atoms with Crippen LogP contribution in [0.4, 0.5) is 0 Å². The normalized spacial score (nSPS) is 18.3. The van der Waals surface area contributed by atoms with Gasteiger partial charge in [-0.15, -0.1) is 11.3 Å². The van der Waals surface area contributed by atoms with Crippen molar-refractivity contribution in [2.75, 3.05) is 0 Å². The van der Waals surface area contributed by atoms with E-state index in [2.05, 4.69) is 57.9 Å². The number of benzene rings is 2. The summed E-state index contributed by atoms with van der Waals surface area (Å²) in [5.74, 6) is 0.143. The minimum absolute atomic E-state index is 0.0860. The molecule has 0 fully saturated rings. The van der Waals surface area contributed by atoms with Gasteiger partial charge in [0.15, 0.2) is 0 Å². The molecule has 7 heteroatoms. The minimum Gasteiger partial charge on any atom is -0.352 e. The van der Waals surface area contributed by atoms with Crippen LogP contribution >= 0.6 is 11.3 Å². The lowest BCUT2D eigenvalue weighted by molar-refractivity contribution is -0.125.